The fraction of sp³-hybridized carbons (Fsp3) is 0.474. The Morgan fingerprint density at radius 1 is 1.36 bits per heavy atom. The summed E-state index contributed by atoms with van der Waals surface area (Å²) in [6.45, 7) is 8.81. The Morgan fingerprint density at radius 3 is 2.43 bits per heavy atom. The van der Waals surface area contributed by atoms with Crippen LogP contribution < -0.4 is 10.0 Å². The lowest BCUT2D eigenvalue weighted by Crippen LogP contribution is -2.44. The van der Waals surface area contributed by atoms with Crippen molar-refractivity contribution >= 4 is 36.5 Å². The van der Waals surface area contributed by atoms with E-state index in [2.05, 4.69) is 23.5 Å². The highest BCUT2D eigenvalue weighted by Gasteiger charge is 2.21. The van der Waals surface area contributed by atoms with E-state index in [0.29, 0.717) is 17.8 Å². The molecule has 0 saturated heterocycles. The average Bonchev–Trinajstić information content (AvgIpc) is 2.58. The Hall–Kier alpha value is -1.76. The van der Waals surface area contributed by atoms with E-state index in [4.69, 9.17) is 4.74 Å². The molecule has 28 heavy (non-hydrogen) atoms. The number of rotatable bonds is 8. The Balaban J connectivity index is 3.02. The summed E-state index contributed by atoms with van der Waals surface area (Å²) in [6.07, 6.45) is 1.67. The van der Waals surface area contributed by atoms with Crippen LogP contribution in [-0.4, -0.2) is 39.4 Å². The van der Waals surface area contributed by atoms with Gasteiger partial charge in [0.1, 0.15) is 16.2 Å². The van der Waals surface area contributed by atoms with Crippen molar-refractivity contribution in [2.24, 2.45) is 4.99 Å². The number of carbonyl (C=O) groups excluding carboxylic acids is 1. The smallest absolute Gasteiger partial charge is 0.408 e. The third kappa shape index (κ3) is 9.44. The molecule has 2 unspecified atom stereocenters. The lowest BCUT2D eigenvalue weighted by atomic mass is 10.0. The van der Waals surface area contributed by atoms with Crippen LogP contribution in [0, 0.1) is 0 Å². The summed E-state index contributed by atoms with van der Waals surface area (Å²) in [4.78, 5) is 16.7. The van der Waals surface area contributed by atoms with E-state index in [-0.39, 0.29) is 6.61 Å². The molecule has 0 aliphatic carbocycles. The molecule has 0 radical (unpaired) electrons. The zero-order chi connectivity index (χ0) is 21.3. The lowest BCUT2D eigenvalue weighted by molar-refractivity contribution is 0.0518. The second-order valence-corrected chi connectivity index (χ2v) is 9.27. The van der Waals surface area contributed by atoms with Gasteiger partial charge in [-0.3, -0.25) is 4.99 Å². The van der Waals surface area contributed by atoms with Crippen LogP contribution in [-0.2, 0) is 21.8 Å². The minimum atomic E-state index is -1.22. The Kier molecular flexibility index (Phi) is 9.79. The number of hydrogen-bond donors (Lipinski definition) is 3. The zero-order valence-corrected chi connectivity index (χ0v) is 19.0. The maximum atomic E-state index is 12.3. The Morgan fingerprint density at radius 2 is 1.96 bits per heavy atom. The third-order valence-electron chi connectivity index (χ3n) is 3.62. The first-order chi connectivity index (χ1) is 13.0. The van der Waals surface area contributed by atoms with Gasteiger partial charge in [-0.25, -0.2) is 9.00 Å². The number of nitrogens with one attached hydrogen (secondary N) is 2. The number of aliphatic hydroxyl groups excluding tert-OH is 1. The van der Waals surface area contributed by atoms with E-state index in [1.165, 1.54) is 0 Å². The van der Waals surface area contributed by atoms with Gasteiger partial charge in [0, 0.05) is 11.4 Å². The summed E-state index contributed by atoms with van der Waals surface area (Å²) in [6, 6.07) is 7.00. The topological polar surface area (TPSA) is 100 Å². The molecule has 7 nitrogen and oxygen atoms in total. The van der Waals surface area contributed by atoms with Crippen molar-refractivity contribution < 1.29 is 18.8 Å². The Bertz CT molecular complexity index is 743. The van der Waals surface area contributed by atoms with Gasteiger partial charge in [0.05, 0.1) is 18.3 Å². The van der Waals surface area contributed by atoms with Crippen LogP contribution in [0.1, 0.15) is 40.2 Å². The largest absolute Gasteiger partial charge is 0.444 e. The number of allylic oxidation sites excluding steroid dienone is 1. The van der Waals surface area contributed by atoms with Crippen LogP contribution in [0.5, 0.6) is 0 Å². The molecule has 9 heteroatoms. The number of aliphatic hydroxyl groups is 1. The van der Waals surface area contributed by atoms with Gasteiger partial charge in [-0.05, 0) is 67.2 Å². The summed E-state index contributed by atoms with van der Waals surface area (Å²) in [5.41, 5.74) is 2.26. The molecule has 0 aliphatic heterocycles. The molecular weight excluding hydrogens is 397 g/mol. The summed E-state index contributed by atoms with van der Waals surface area (Å²) in [5.74, 6) is 0. The average molecular weight is 428 g/mol. The van der Waals surface area contributed by atoms with E-state index in [1.807, 2.05) is 24.3 Å². The van der Waals surface area contributed by atoms with Gasteiger partial charge in [-0.15, -0.1) is 0 Å². The van der Waals surface area contributed by atoms with Gasteiger partial charge in [0.15, 0.2) is 0 Å². The maximum Gasteiger partial charge on any atom is 0.408 e. The number of amides is 1. The van der Waals surface area contributed by atoms with Crippen LogP contribution in [0.4, 0.5) is 10.5 Å². The van der Waals surface area contributed by atoms with Crippen molar-refractivity contribution in [2.75, 3.05) is 11.3 Å². The van der Waals surface area contributed by atoms with E-state index >= 15 is 0 Å². The van der Waals surface area contributed by atoms with Crippen LogP contribution in [0.15, 0.2) is 41.0 Å². The minimum absolute atomic E-state index is 0.181. The second-order valence-electron chi connectivity index (χ2n) is 7.19. The SMILES string of the molecule is C/C=C(/CO)N=C(C)[C@H](Cc1ccc(NS(=O)P)cc1)NC(=O)OC(C)(C)C. The first-order valence-corrected chi connectivity index (χ1v) is 11.5. The number of alkyl carbamates (subject to hydrolysis) is 1. The molecule has 1 rings (SSSR count). The highest BCUT2D eigenvalue weighted by Crippen LogP contribution is 2.15. The third-order valence-corrected chi connectivity index (χ3v) is 4.41. The lowest BCUT2D eigenvalue weighted by Gasteiger charge is -2.24. The first-order valence-electron chi connectivity index (χ1n) is 8.86. The number of benzene rings is 1. The van der Waals surface area contributed by atoms with Gasteiger partial charge in [0.25, 0.3) is 0 Å². The molecule has 3 atom stereocenters. The number of ether oxygens (including phenoxy) is 1. The minimum Gasteiger partial charge on any atom is -0.444 e. The molecule has 0 aliphatic rings. The molecular formula is C19H30N3O4PS. The summed E-state index contributed by atoms with van der Waals surface area (Å²) < 4.78 is 19.4. The number of aliphatic imine (C=N–C) groups is 1. The van der Waals surface area contributed by atoms with Crippen LogP contribution in [0.2, 0.25) is 0 Å². The summed E-state index contributed by atoms with van der Waals surface area (Å²) in [5, 5.41) is 12.2. The summed E-state index contributed by atoms with van der Waals surface area (Å²) in [7, 11) is 0.949. The molecule has 0 fully saturated rings. The molecule has 0 spiro atoms. The van der Waals surface area contributed by atoms with Gasteiger partial charge in [-0.1, -0.05) is 18.2 Å². The van der Waals surface area contributed by atoms with E-state index in [0.717, 1.165) is 11.3 Å². The molecule has 0 heterocycles. The van der Waals surface area contributed by atoms with E-state index in [9.17, 15) is 14.1 Å². The zero-order valence-electron chi connectivity index (χ0n) is 17.0. The predicted molar refractivity (Wildman–Crippen MR) is 119 cm³/mol. The van der Waals surface area contributed by atoms with Crippen LogP contribution in [0.25, 0.3) is 0 Å². The molecule has 1 aromatic rings. The monoisotopic (exact) mass is 427 g/mol. The number of anilines is 1. The molecule has 156 valence electrons. The van der Waals surface area contributed by atoms with Crippen molar-refractivity contribution in [3.05, 3.63) is 41.6 Å². The molecule has 1 aromatic carbocycles. The first kappa shape index (κ1) is 24.3. The fourth-order valence-corrected chi connectivity index (χ4v) is 3.09. The van der Waals surface area contributed by atoms with Gasteiger partial charge < -0.3 is 19.9 Å². The molecule has 1 amide bonds. The normalized spacial score (nSPS) is 15.0. The van der Waals surface area contributed by atoms with Crippen molar-refractivity contribution in [3.63, 3.8) is 0 Å². The Labute approximate surface area is 171 Å². The number of carbonyl (C=O) groups is 1. The summed E-state index contributed by atoms with van der Waals surface area (Å²) >= 11 is 0. The molecule has 0 bridgehead atoms. The van der Waals surface area contributed by atoms with Gasteiger partial charge in [-0.2, -0.15) is 0 Å². The van der Waals surface area contributed by atoms with Crippen LogP contribution in [0.3, 0.4) is 0 Å². The highest BCUT2D eigenvalue weighted by molar-refractivity contribution is 8.34. The molecule has 0 aromatic heterocycles. The van der Waals surface area contributed by atoms with E-state index in [1.54, 1.807) is 40.7 Å². The highest BCUT2D eigenvalue weighted by atomic mass is 32.7. The molecule has 3 N–H and O–H groups in total. The van der Waals surface area contributed by atoms with E-state index < -0.39 is 28.3 Å². The van der Waals surface area contributed by atoms with Crippen molar-refractivity contribution in [1.82, 2.24) is 5.32 Å². The van der Waals surface area contributed by atoms with Crippen LogP contribution >= 0.6 is 8.44 Å². The number of hydrogen-bond acceptors (Lipinski definition) is 5. The van der Waals surface area contributed by atoms with Gasteiger partial charge >= 0.3 is 6.09 Å². The van der Waals surface area contributed by atoms with Crippen molar-refractivity contribution in [3.8, 4) is 0 Å². The maximum absolute atomic E-state index is 12.3. The fourth-order valence-electron chi connectivity index (χ4n) is 2.31. The second kappa shape index (κ2) is 11.3. The van der Waals surface area contributed by atoms with Crippen molar-refractivity contribution in [2.45, 2.75) is 52.7 Å². The van der Waals surface area contributed by atoms with Gasteiger partial charge in [0.2, 0.25) is 0 Å². The van der Waals surface area contributed by atoms with Crippen molar-refractivity contribution in [1.29, 1.82) is 0 Å². The predicted octanol–water partition coefficient (Wildman–Crippen LogP) is 3.35. The molecule has 0 saturated carbocycles. The quantitative estimate of drug-likeness (QED) is 0.438. The standard InChI is InChI=1S/C19H30N3O4PS/c1-6-15(12-23)20-13(2)17(21-18(24)26-19(3,4)5)11-14-7-9-16(10-8-14)22-28(25)27/h6-10,17,22-23H,11-12,27H2,1-5H3,(H,21,24)/b15-6-,20-13?/t17-,28?/m0/s1. The number of nitrogens with zero attached hydrogens (tertiary/aromatic N) is 1.